The van der Waals surface area contributed by atoms with E-state index >= 15 is 0 Å². The van der Waals surface area contributed by atoms with Gasteiger partial charge >= 0.3 is 0 Å². The maximum Gasteiger partial charge on any atom is 0.216 e. The Balaban J connectivity index is 2.78. The van der Waals surface area contributed by atoms with Gasteiger partial charge in [-0.25, -0.2) is 0 Å². The van der Waals surface area contributed by atoms with Gasteiger partial charge in [-0.15, -0.1) is 0 Å². The Morgan fingerprint density at radius 1 is 1.78 bits per heavy atom. The Labute approximate surface area is 57.0 Å². The zero-order valence-electron chi connectivity index (χ0n) is 4.79. The van der Waals surface area contributed by atoms with E-state index in [4.69, 9.17) is 5.73 Å². The molecule has 1 atom stereocenters. The van der Waals surface area contributed by atoms with Gasteiger partial charge < -0.3 is 10.5 Å². The lowest BCUT2D eigenvalue weighted by atomic mass is 10.0. The van der Waals surface area contributed by atoms with Crippen molar-refractivity contribution >= 4 is 23.2 Å². The maximum absolute atomic E-state index is 10.7. The summed E-state index contributed by atoms with van der Waals surface area (Å²) in [5.41, 5.74) is 4.20. The van der Waals surface area contributed by atoms with Gasteiger partial charge in [-0.05, 0) is 6.42 Å². The molecule has 1 rings (SSSR count). The summed E-state index contributed by atoms with van der Waals surface area (Å²) in [5.74, 6) is 0.675. The molecular weight excluding hydrogens is 138 g/mol. The normalized spacial score (nSPS) is 35.0. The van der Waals surface area contributed by atoms with Crippen LogP contribution >= 0.6 is 11.8 Å². The minimum absolute atomic E-state index is 0.197. The molecule has 0 radical (unpaired) electrons. The summed E-state index contributed by atoms with van der Waals surface area (Å²) in [6, 6.07) is 0. The molecular formula is C5H7NO2S. The van der Waals surface area contributed by atoms with Gasteiger partial charge in [0.15, 0.2) is 0 Å². The highest BCUT2D eigenvalue weighted by atomic mass is 32.2. The molecule has 2 N–H and O–H groups in total. The van der Waals surface area contributed by atoms with Crippen LogP contribution in [0.25, 0.3) is 0 Å². The first-order chi connectivity index (χ1) is 4.19. The molecule has 0 amide bonds. The molecule has 0 bridgehead atoms. The molecule has 4 heteroatoms. The van der Waals surface area contributed by atoms with Crippen LogP contribution in [0.3, 0.4) is 0 Å². The lowest BCUT2D eigenvalue weighted by Gasteiger charge is -2.09. The molecule has 1 aliphatic rings. The molecule has 0 unspecified atom stereocenters. The maximum atomic E-state index is 10.7. The number of thioether (sulfide) groups is 1. The summed E-state index contributed by atoms with van der Waals surface area (Å²) >= 11 is 1.13. The monoisotopic (exact) mass is 145 g/mol. The molecule has 0 spiro atoms. The molecule has 0 saturated carbocycles. The summed E-state index contributed by atoms with van der Waals surface area (Å²) in [6.45, 7) is 0. The van der Waals surface area contributed by atoms with Gasteiger partial charge in [0.25, 0.3) is 0 Å². The second-order valence-corrected chi connectivity index (χ2v) is 3.11. The van der Waals surface area contributed by atoms with E-state index in [1.807, 2.05) is 0 Å². The number of nitrogens with two attached hydrogens (primary N) is 1. The minimum Gasteiger partial charge on any atom is -0.312 e. The van der Waals surface area contributed by atoms with Crippen molar-refractivity contribution in [2.24, 2.45) is 5.73 Å². The van der Waals surface area contributed by atoms with Gasteiger partial charge in [0, 0.05) is 5.75 Å². The number of hydrogen-bond acceptors (Lipinski definition) is 4. The van der Waals surface area contributed by atoms with Crippen molar-refractivity contribution in [1.29, 1.82) is 0 Å². The van der Waals surface area contributed by atoms with Crippen molar-refractivity contribution in [3.05, 3.63) is 0 Å². The lowest BCUT2D eigenvalue weighted by molar-refractivity contribution is -0.122. The first-order valence-electron chi connectivity index (χ1n) is 2.61. The summed E-state index contributed by atoms with van der Waals surface area (Å²) in [7, 11) is 0. The number of carbonyl (C=O) groups is 2. The van der Waals surface area contributed by atoms with E-state index in [0.717, 1.165) is 11.8 Å². The van der Waals surface area contributed by atoms with Gasteiger partial charge in [-0.2, -0.15) is 0 Å². The Bertz CT molecular complexity index is 159. The Hall–Kier alpha value is -0.350. The molecule has 0 aromatic heterocycles. The van der Waals surface area contributed by atoms with Gasteiger partial charge in [-0.1, -0.05) is 11.8 Å². The Morgan fingerprint density at radius 2 is 2.44 bits per heavy atom. The molecule has 9 heavy (non-hydrogen) atoms. The van der Waals surface area contributed by atoms with Crippen molar-refractivity contribution in [3.63, 3.8) is 0 Å². The highest BCUT2D eigenvalue weighted by Gasteiger charge is 2.38. The van der Waals surface area contributed by atoms with Crippen molar-refractivity contribution in [3.8, 4) is 0 Å². The highest BCUT2D eigenvalue weighted by molar-refractivity contribution is 8.14. The van der Waals surface area contributed by atoms with Crippen LogP contribution in [0.4, 0.5) is 0 Å². The van der Waals surface area contributed by atoms with Crippen LogP contribution in [0.5, 0.6) is 0 Å². The third-order valence-electron chi connectivity index (χ3n) is 1.34. The molecule has 0 aliphatic carbocycles. The number of aldehydes is 1. The summed E-state index contributed by atoms with van der Waals surface area (Å²) in [5, 5.41) is -0.197. The van der Waals surface area contributed by atoms with E-state index in [2.05, 4.69) is 0 Å². The van der Waals surface area contributed by atoms with Gasteiger partial charge in [0.05, 0.1) is 0 Å². The van der Waals surface area contributed by atoms with Gasteiger partial charge in [0.1, 0.15) is 11.8 Å². The molecule has 0 aromatic carbocycles. The van der Waals surface area contributed by atoms with Crippen LogP contribution in [0.1, 0.15) is 6.42 Å². The zero-order chi connectivity index (χ0) is 6.91. The minimum atomic E-state index is -1.16. The van der Waals surface area contributed by atoms with E-state index in [-0.39, 0.29) is 5.12 Å². The SMILES string of the molecule is N[C@@]1(C=O)CCSC1=O. The number of hydrogen-bond donors (Lipinski definition) is 1. The van der Waals surface area contributed by atoms with Crippen LogP contribution in [0.15, 0.2) is 0 Å². The van der Waals surface area contributed by atoms with Crippen molar-refractivity contribution in [1.82, 2.24) is 0 Å². The van der Waals surface area contributed by atoms with Gasteiger partial charge in [-0.3, -0.25) is 4.79 Å². The van der Waals surface area contributed by atoms with E-state index in [0.29, 0.717) is 18.5 Å². The average Bonchev–Trinajstić information content (AvgIpc) is 2.15. The molecule has 1 heterocycles. The van der Waals surface area contributed by atoms with Crippen LogP contribution < -0.4 is 5.73 Å². The van der Waals surface area contributed by atoms with Crippen molar-refractivity contribution in [2.75, 3.05) is 5.75 Å². The predicted molar refractivity (Wildman–Crippen MR) is 35.1 cm³/mol. The zero-order valence-corrected chi connectivity index (χ0v) is 5.61. The molecule has 1 fully saturated rings. The largest absolute Gasteiger partial charge is 0.312 e. The highest BCUT2D eigenvalue weighted by Crippen LogP contribution is 2.25. The lowest BCUT2D eigenvalue weighted by Crippen LogP contribution is -2.44. The summed E-state index contributed by atoms with van der Waals surface area (Å²) < 4.78 is 0. The summed E-state index contributed by atoms with van der Waals surface area (Å²) in [6.07, 6.45) is 1.02. The van der Waals surface area contributed by atoms with Crippen LogP contribution in [0.2, 0.25) is 0 Å². The molecule has 1 aliphatic heterocycles. The smallest absolute Gasteiger partial charge is 0.216 e. The van der Waals surface area contributed by atoms with Crippen molar-refractivity contribution in [2.45, 2.75) is 12.0 Å². The fourth-order valence-corrected chi connectivity index (χ4v) is 1.70. The average molecular weight is 145 g/mol. The molecule has 1 saturated heterocycles. The van der Waals surface area contributed by atoms with Crippen LogP contribution in [0, 0.1) is 0 Å². The predicted octanol–water partition coefficient (Wildman–Crippen LogP) is -0.454. The van der Waals surface area contributed by atoms with Crippen molar-refractivity contribution < 1.29 is 9.59 Å². The number of rotatable bonds is 1. The first kappa shape index (κ1) is 6.77. The fraction of sp³-hybridized carbons (Fsp3) is 0.600. The van der Waals surface area contributed by atoms with E-state index in [1.165, 1.54) is 0 Å². The standard InChI is InChI=1S/C5H7NO2S/c6-5(3-7)1-2-9-4(5)8/h3H,1-2,6H2/t5-/m1/s1. The topological polar surface area (TPSA) is 60.2 Å². The Kier molecular flexibility index (Phi) is 1.59. The molecule has 3 nitrogen and oxygen atoms in total. The van der Waals surface area contributed by atoms with E-state index < -0.39 is 5.54 Å². The fourth-order valence-electron chi connectivity index (χ4n) is 0.656. The first-order valence-corrected chi connectivity index (χ1v) is 3.60. The third kappa shape index (κ3) is 0.997. The third-order valence-corrected chi connectivity index (χ3v) is 2.39. The molecule has 0 aromatic rings. The summed E-state index contributed by atoms with van der Waals surface area (Å²) in [4.78, 5) is 20.9. The second-order valence-electron chi connectivity index (χ2n) is 2.04. The van der Waals surface area contributed by atoms with Crippen LogP contribution in [-0.4, -0.2) is 22.7 Å². The van der Waals surface area contributed by atoms with E-state index in [9.17, 15) is 9.59 Å². The Morgan fingerprint density at radius 3 is 2.67 bits per heavy atom. The molecule has 50 valence electrons. The van der Waals surface area contributed by atoms with Crippen LogP contribution in [-0.2, 0) is 9.59 Å². The van der Waals surface area contributed by atoms with E-state index in [1.54, 1.807) is 0 Å². The van der Waals surface area contributed by atoms with Gasteiger partial charge in [0.2, 0.25) is 5.12 Å². The second kappa shape index (κ2) is 2.11. The number of carbonyl (C=O) groups excluding carboxylic acids is 2. The quantitative estimate of drug-likeness (QED) is 0.401.